The van der Waals surface area contributed by atoms with Crippen LogP contribution in [0.5, 0.6) is 5.75 Å². The molecule has 3 N–H and O–H groups in total. The molecule has 0 saturated carbocycles. The van der Waals surface area contributed by atoms with Crippen molar-refractivity contribution in [3.05, 3.63) is 64.3 Å². The fourth-order valence-corrected chi connectivity index (χ4v) is 3.64. The van der Waals surface area contributed by atoms with Gasteiger partial charge >= 0.3 is 0 Å². The third-order valence-corrected chi connectivity index (χ3v) is 5.38. The number of nitrogens with zero attached hydrogens (tertiary/aromatic N) is 1. The van der Waals surface area contributed by atoms with Gasteiger partial charge in [0.2, 0.25) is 5.91 Å². The van der Waals surface area contributed by atoms with Crippen LogP contribution in [-0.2, 0) is 11.2 Å². The number of halogens is 2. The van der Waals surface area contributed by atoms with E-state index in [2.05, 4.69) is 5.32 Å². The van der Waals surface area contributed by atoms with Crippen molar-refractivity contribution >= 4 is 46.7 Å². The van der Waals surface area contributed by atoms with Crippen molar-refractivity contribution in [2.24, 2.45) is 5.73 Å². The van der Waals surface area contributed by atoms with Gasteiger partial charge in [-0.05, 0) is 74.3 Å². The highest BCUT2D eigenvalue weighted by Gasteiger charge is 2.22. The Balaban J connectivity index is 0.00000341. The molecule has 1 aromatic heterocycles. The lowest BCUT2D eigenvalue weighted by atomic mass is 10.1. The minimum Gasteiger partial charge on any atom is -0.497 e. The topological polar surface area (TPSA) is 86.3 Å². The Morgan fingerprint density at radius 2 is 1.84 bits per heavy atom. The Labute approximate surface area is 193 Å². The van der Waals surface area contributed by atoms with E-state index in [0.717, 1.165) is 35.0 Å². The van der Waals surface area contributed by atoms with Gasteiger partial charge in [-0.15, -0.1) is 12.4 Å². The minimum atomic E-state index is -0.172. The number of nitrogens with two attached hydrogens (primary N) is 1. The van der Waals surface area contributed by atoms with E-state index in [4.69, 9.17) is 22.1 Å². The van der Waals surface area contributed by atoms with Crippen LogP contribution in [0, 0.1) is 6.92 Å². The van der Waals surface area contributed by atoms with Gasteiger partial charge in [-0.25, -0.2) is 0 Å². The number of amides is 1. The summed E-state index contributed by atoms with van der Waals surface area (Å²) in [5.41, 5.74) is 8.30. The molecule has 0 radical (unpaired) electrons. The number of rotatable bonds is 8. The van der Waals surface area contributed by atoms with Crippen molar-refractivity contribution in [1.29, 1.82) is 0 Å². The van der Waals surface area contributed by atoms with Gasteiger partial charge in [-0.1, -0.05) is 11.6 Å². The number of fused-ring (bicyclic) bond motifs is 1. The predicted octanol–water partition coefficient (Wildman–Crippen LogP) is 4.12. The van der Waals surface area contributed by atoms with Gasteiger partial charge in [0.05, 0.1) is 19.0 Å². The highest BCUT2D eigenvalue weighted by Crippen LogP contribution is 2.30. The summed E-state index contributed by atoms with van der Waals surface area (Å²) in [7, 11) is 1.59. The maximum absolute atomic E-state index is 13.3. The lowest BCUT2D eigenvalue weighted by Crippen LogP contribution is -2.26. The molecule has 0 aliphatic heterocycles. The summed E-state index contributed by atoms with van der Waals surface area (Å²) in [6, 6.07) is 12.3. The molecule has 0 unspecified atom stereocenters. The van der Waals surface area contributed by atoms with Gasteiger partial charge in [0, 0.05) is 28.2 Å². The van der Waals surface area contributed by atoms with E-state index in [1.54, 1.807) is 35.9 Å². The number of hydrogen-bond donors (Lipinski definition) is 2. The summed E-state index contributed by atoms with van der Waals surface area (Å²) in [6.45, 7) is 3.05. The Kier molecular flexibility index (Phi) is 8.92. The van der Waals surface area contributed by atoms with Crippen LogP contribution in [0.4, 0.5) is 0 Å². The highest BCUT2D eigenvalue weighted by molar-refractivity contribution is 6.30. The average molecular weight is 464 g/mol. The molecule has 2 aromatic carbocycles. The van der Waals surface area contributed by atoms with Crippen molar-refractivity contribution < 1.29 is 14.3 Å². The van der Waals surface area contributed by atoms with Crippen LogP contribution >= 0.6 is 24.0 Å². The number of hydrogen-bond acceptors (Lipinski definition) is 4. The molecule has 0 spiro atoms. The molecule has 0 saturated heterocycles. The zero-order valence-electron chi connectivity index (χ0n) is 17.6. The van der Waals surface area contributed by atoms with Crippen LogP contribution < -0.4 is 15.8 Å². The van der Waals surface area contributed by atoms with E-state index < -0.39 is 0 Å². The number of carbonyl (C=O) groups is 2. The smallest absolute Gasteiger partial charge is 0.262 e. The summed E-state index contributed by atoms with van der Waals surface area (Å²) in [5.74, 6) is 0.410. The van der Waals surface area contributed by atoms with Crippen LogP contribution in [0.15, 0.2) is 42.5 Å². The van der Waals surface area contributed by atoms with Gasteiger partial charge in [-0.2, -0.15) is 0 Å². The van der Waals surface area contributed by atoms with Gasteiger partial charge < -0.3 is 15.8 Å². The molecular formula is C23H27Cl2N3O3. The summed E-state index contributed by atoms with van der Waals surface area (Å²) >= 11 is 5.96. The van der Waals surface area contributed by atoms with Crippen LogP contribution in [0.1, 0.15) is 34.5 Å². The standard InChI is InChI=1S/C23H26ClN3O3.ClH/c1-15-19(14-22(28)26-12-4-3-11-25)20-13-18(30-2)9-10-21(20)27(15)23(29)16-5-7-17(24)8-6-16;/h5-10,13H,3-4,11-12,14,25H2,1-2H3,(H,26,28);1H. The third-order valence-electron chi connectivity index (χ3n) is 5.13. The first kappa shape index (κ1) is 24.7. The summed E-state index contributed by atoms with van der Waals surface area (Å²) < 4.78 is 7.01. The van der Waals surface area contributed by atoms with Crippen molar-refractivity contribution in [1.82, 2.24) is 9.88 Å². The predicted molar refractivity (Wildman–Crippen MR) is 127 cm³/mol. The van der Waals surface area contributed by atoms with Gasteiger partial charge in [-0.3, -0.25) is 14.2 Å². The third kappa shape index (κ3) is 5.58. The molecule has 0 bridgehead atoms. The van der Waals surface area contributed by atoms with Crippen LogP contribution in [-0.4, -0.2) is 36.6 Å². The van der Waals surface area contributed by atoms with E-state index >= 15 is 0 Å². The lowest BCUT2D eigenvalue weighted by Gasteiger charge is -2.08. The molecule has 31 heavy (non-hydrogen) atoms. The molecule has 0 aliphatic rings. The molecule has 166 valence electrons. The number of nitrogens with one attached hydrogen (secondary N) is 1. The maximum Gasteiger partial charge on any atom is 0.262 e. The quantitative estimate of drug-likeness (QED) is 0.491. The first-order valence-electron chi connectivity index (χ1n) is 9.91. The second kappa shape index (κ2) is 11.2. The molecule has 0 atom stereocenters. The zero-order chi connectivity index (χ0) is 21.7. The molecule has 3 rings (SSSR count). The molecule has 6 nitrogen and oxygen atoms in total. The van der Waals surface area contributed by atoms with Crippen molar-refractivity contribution in [2.75, 3.05) is 20.2 Å². The Bertz CT molecular complexity index is 1060. The van der Waals surface area contributed by atoms with Crippen LogP contribution in [0.3, 0.4) is 0 Å². The SMILES string of the molecule is COc1ccc2c(c1)c(CC(=O)NCCCCN)c(C)n2C(=O)c1ccc(Cl)cc1.Cl. The number of methoxy groups -OCH3 is 1. The molecule has 8 heteroatoms. The van der Waals surface area contributed by atoms with Crippen molar-refractivity contribution in [3.8, 4) is 5.75 Å². The fourth-order valence-electron chi connectivity index (χ4n) is 3.52. The monoisotopic (exact) mass is 463 g/mol. The Hall–Kier alpha value is -2.54. The van der Waals surface area contributed by atoms with Gasteiger partial charge in [0.15, 0.2) is 0 Å². The average Bonchev–Trinajstić information content (AvgIpc) is 3.02. The van der Waals surface area contributed by atoms with E-state index in [1.165, 1.54) is 0 Å². The van der Waals surface area contributed by atoms with E-state index in [9.17, 15) is 9.59 Å². The van der Waals surface area contributed by atoms with E-state index in [0.29, 0.717) is 29.4 Å². The number of carbonyl (C=O) groups excluding carboxylic acids is 2. The minimum absolute atomic E-state index is 0. The first-order chi connectivity index (χ1) is 14.5. The fraction of sp³-hybridized carbons (Fsp3) is 0.304. The van der Waals surface area contributed by atoms with E-state index in [1.807, 2.05) is 25.1 Å². The second-order valence-electron chi connectivity index (χ2n) is 7.12. The molecule has 0 fully saturated rings. The largest absolute Gasteiger partial charge is 0.497 e. The van der Waals surface area contributed by atoms with E-state index in [-0.39, 0.29) is 30.6 Å². The lowest BCUT2D eigenvalue weighted by molar-refractivity contribution is -0.120. The Morgan fingerprint density at radius 1 is 1.13 bits per heavy atom. The normalized spacial score (nSPS) is 10.6. The van der Waals surface area contributed by atoms with Crippen molar-refractivity contribution in [2.45, 2.75) is 26.2 Å². The number of ether oxygens (including phenoxy) is 1. The number of benzene rings is 2. The summed E-state index contributed by atoms with van der Waals surface area (Å²) in [6.07, 6.45) is 1.89. The number of aromatic nitrogens is 1. The molecule has 1 amide bonds. The molecule has 3 aromatic rings. The Morgan fingerprint density at radius 3 is 2.48 bits per heavy atom. The van der Waals surface area contributed by atoms with Crippen LogP contribution in [0.25, 0.3) is 10.9 Å². The molecule has 1 heterocycles. The van der Waals surface area contributed by atoms with Crippen molar-refractivity contribution in [3.63, 3.8) is 0 Å². The molecule has 0 aliphatic carbocycles. The highest BCUT2D eigenvalue weighted by atomic mass is 35.5. The second-order valence-corrected chi connectivity index (χ2v) is 7.55. The zero-order valence-corrected chi connectivity index (χ0v) is 19.2. The molecular weight excluding hydrogens is 437 g/mol. The summed E-state index contributed by atoms with van der Waals surface area (Å²) in [5, 5.41) is 4.32. The van der Waals surface area contributed by atoms with Gasteiger partial charge in [0.1, 0.15) is 5.75 Å². The number of unbranched alkanes of at least 4 members (excludes halogenated alkanes) is 1. The van der Waals surface area contributed by atoms with Crippen LogP contribution in [0.2, 0.25) is 5.02 Å². The maximum atomic E-state index is 13.3. The van der Waals surface area contributed by atoms with Gasteiger partial charge in [0.25, 0.3) is 5.91 Å². The first-order valence-corrected chi connectivity index (χ1v) is 10.3. The summed E-state index contributed by atoms with van der Waals surface area (Å²) in [4.78, 5) is 25.8.